The zero-order valence-corrected chi connectivity index (χ0v) is 9.63. The van der Waals surface area contributed by atoms with Crippen LogP contribution in [0.3, 0.4) is 0 Å². The maximum absolute atomic E-state index is 10.5. The molecule has 4 heteroatoms. The molecule has 0 bridgehead atoms. The summed E-state index contributed by atoms with van der Waals surface area (Å²) >= 11 is 0. The topological polar surface area (TPSA) is 35.5 Å². The molecule has 12 heavy (non-hydrogen) atoms. The van der Waals surface area contributed by atoms with Crippen LogP contribution in [-0.4, -0.2) is 26.3 Å². The Hall–Kier alpha value is -0.0100. The van der Waals surface area contributed by atoms with Crippen molar-refractivity contribution in [2.24, 2.45) is 0 Å². The number of carbonyl (C=O) groups is 1. The SMILES string of the molecule is C#CCCCOCC(=O)OC.[H-].[Na+]. The fraction of sp³-hybridized carbons (Fsp3) is 0.625. The summed E-state index contributed by atoms with van der Waals surface area (Å²) < 4.78 is 9.27. The van der Waals surface area contributed by atoms with Crippen LogP contribution in [0.5, 0.6) is 0 Å². The van der Waals surface area contributed by atoms with Crippen molar-refractivity contribution in [1.29, 1.82) is 0 Å². The first-order chi connectivity index (χ1) is 5.31. The maximum Gasteiger partial charge on any atom is 1.00 e. The first kappa shape index (κ1) is 14.5. The molecule has 0 aromatic heterocycles. The predicted molar refractivity (Wildman–Crippen MR) is 42.0 cm³/mol. The van der Waals surface area contributed by atoms with Gasteiger partial charge in [0.2, 0.25) is 0 Å². The molecule has 0 N–H and O–H groups in total. The minimum Gasteiger partial charge on any atom is -1.00 e. The second-order valence-electron chi connectivity index (χ2n) is 1.94. The molecule has 64 valence electrons. The van der Waals surface area contributed by atoms with Gasteiger partial charge in [-0.05, 0) is 6.42 Å². The molecule has 0 atom stereocenters. The van der Waals surface area contributed by atoms with Gasteiger partial charge in [-0.1, -0.05) is 0 Å². The van der Waals surface area contributed by atoms with Gasteiger partial charge in [-0.2, -0.15) is 0 Å². The van der Waals surface area contributed by atoms with Gasteiger partial charge in [0.25, 0.3) is 0 Å². The van der Waals surface area contributed by atoms with E-state index in [1.165, 1.54) is 7.11 Å². The molecule has 0 amide bonds. The molecule has 0 unspecified atom stereocenters. The van der Waals surface area contributed by atoms with Crippen molar-refractivity contribution in [1.82, 2.24) is 0 Å². The van der Waals surface area contributed by atoms with Crippen LogP contribution in [0.2, 0.25) is 0 Å². The van der Waals surface area contributed by atoms with Crippen molar-refractivity contribution < 1.29 is 45.3 Å². The van der Waals surface area contributed by atoms with Crippen LogP contribution >= 0.6 is 0 Å². The normalized spacial score (nSPS) is 8.00. The summed E-state index contributed by atoms with van der Waals surface area (Å²) in [6.07, 6.45) is 6.47. The quantitative estimate of drug-likeness (QED) is 0.207. The zero-order chi connectivity index (χ0) is 8.53. The Morgan fingerprint density at radius 2 is 2.33 bits per heavy atom. The van der Waals surface area contributed by atoms with Gasteiger partial charge in [-0.15, -0.1) is 12.3 Å². The Bertz CT molecular complexity index is 156. The van der Waals surface area contributed by atoms with Gasteiger partial charge in [-0.25, -0.2) is 4.79 Å². The van der Waals surface area contributed by atoms with Crippen molar-refractivity contribution in [3.63, 3.8) is 0 Å². The molecule has 0 spiro atoms. The Kier molecular flexibility index (Phi) is 13.3. The maximum atomic E-state index is 10.5. The number of hydrogen-bond acceptors (Lipinski definition) is 3. The summed E-state index contributed by atoms with van der Waals surface area (Å²) in [7, 11) is 1.33. The number of methoxy groups -OCH3 is 1. The third kappa shape index (κ3) is 9.99. The second kappa shape index (κ2) is 11.0. The van der Waals surface area contributed by atoms with Crippen molar-refractivity contribution in [2.45, 2.75) is 12.8 Å². The number of ether oxygens (including phenoxy) is 2. The van der Waals surface area contributed by atoms with Crippen LogP contribution < -0.4 is 29.6 Å². The summed E-state index contributed by atoms with van der Waals surface area (Å²) in [5.41, 5.74) is 0. The number of hydrogen-bond donors (Lipinski definition) is 0. The van der Waals surface area contributed by atoms with E-state index >= 15 is 0 Å². The van der Waals surface area contributed by atoms with Crippen molar-refractivity contribution >= 4 is 5.97 Å². The number of unbranched alkanes of at least 4 members (excludes halogenated alkanes) is 1. The molecule has 0 saturated heterocycles. The summed E-state index contributed by atoms with van der Waals surface area (Å²) in [4.78, 5) is 10.5. The molecule has 0 saturated carbocycles. The average Bonchev–Trinajstić information content (AvgIpc) is 2.04. The van der Waals surface area contributed by atoms with Gasteiger partial charge < -0.3 is 10.9 Å². The molecule has 0 aliphatic carbocycles. The fourth-order valence-corrected chi connectivity index (χ4v) is 0.491. The van der Waals surface area contributed by atoms with Gasteiger partial charge in [0.1, 0.15) is 6.61 Å². The minimum absolute atomic E-state index is 0. The number of rotatable bonds is 5. The first-order valence-corrected chi connectivity index (χ1v) is 3.39. The molecule has 0 aromatic rings. The molecule has 0 radical (unpaired) electrons. The van der Waals surface area contributed by atoms with Crippen LogP contribution in [0.25, 0.3) is 0 Å². The van der Waals surface area contributed by atoms with Crippen LogP contribution in [0, 0.1) is 12.3 Å². The van der Waals surface area contributed by atoms with Crippen molar-refractivity contribution in [3.05, 3.63) is 0 Å². The van der Waals surface area contributed by atoms with Gasteiger partial charge >= 0.3 is 35.5 Å². The Morgan fingerprint density at radius 3 is 2.83 bits per heavy atom. The summed E-state index contributed by atoms with van der Waals surface area (Å²) in [6.45, 7) is 0.528. The molecule has 0 aliphatic heterocycles. The third-order valence-electron chi connectivity index (χ3n) is 1.06. The van der Waals surface area contributed by atoms with Crippen LogP contribution in [0.15, 0.2) is 0 Å². The van der Waals surface area contributed by atoms with E-state index < -0.39 is 0 Å². The molecule has 0 fully saturated rings. The molecule has 0 heterocycles. The Balaban J connectivity index is -0.000000500. The second-order valence-corrected chi connectivity index (χ2v) is 1.94. The van der Waals surface area contributed by atoms with E-state index in [0.717, 1.165) is 6.42 Å². The van der Waals surface area contributed by atoms with Gasteiger partial charge in [0.15, 0.2) is 0 Å². The molecule has 0 aliphatic rings. The molecular formula is C8H13NaO3. The largest absolute Gasteiger partial charge is 1.00 e. The van der Waals surface area contributed by atoms with E-state index in [1.54, 1.807) is 0 Å². The molecule has 0 rings (SSSR count). The van der Waals surface area contributed by atoms with Gasteiger partial charge in [-0.3, -0.25) is 0 Å². The van der Waals surface area contributed by atoms with E-state index in [9.17, 15) is 4.79 Å². The Morgan fingerprint density at radius 1 is 1.67 bits per heavy atom. The first-order valence-electron chi connectivity index (χ1n) is 3.39. The smallest absolute Gasteiger partial charge is 1.00 e. The van der Waals surface area contributed by atoms with Crippen LogP contribution in [-0.2, 0) is 14.3 Å². The third-order valence-corrected chi connectivity index (χ3v) is 1.06. The van der Waals surface area contributed by atoms with E-state index in [1.807, 2.05) is 0 Å². The Labute approximate surface area is 96.6 Å². The van der Waals surface area contributed by atoms with Gasteiger partial charge in [0.05, 0.1) is 7.11 Å². The predicted octanol–water partition coefficient (Wildman–Crippen LogP) is -2.29. The van der Waals surface area contributed by atoms with Crippen molar-refractivity contribution in [3.8, 4) is 12.3 Å². The van der Waals surface area contributed by atoms with Crippen LogP contribution in [0.1, 0.15) is 14.3 Å². The summed E-state index contributed by atoms with van der Waals surface area (Å²) in [6, 6.07) is 0. The summed E-state index contributed by atoms with van der Waals surface area (Å²) in [5.74, 6) is 2.12. The molecular weight excluding hydrogens is 167 g/mol. The fourth-order valence-electron chi connectivity index (χ4n) is 0.491. The van der Waals surface area contributed by atoms with E-state index in [4.69, 9.17) is 11.2 Å². The number of esters is 1. The van der Waals surface area contributed by atoms with Crippen LogP contribution in [0.4, 0.5) is 0 Å². The van der Waals surface area contributed by atoms with E-state index in [2.05, 4.69) is 10.7 Å². The minimum atomic E-state index is -0.356. The van der Waals surface area contributed by atoms with Gasteiger partial charge in [0, 0.05) is 13.0 Å². The monoisotopic (exact) mass is 180 g/mol. The van der Waals surface area contributed by atoms with E-state index in [-0.39, 0.29) is 43.6 Å². The number of terminal acetylenes is 1. The standard InChI is InChI=1S/C8H12O3.Na.H/c1-3-4-5-6-11-7-8(9)10-2;;/h1H,4-7H2,2H3;;/q;+1;-1. The zero-order valence-electron chi connectivity index (χ0n) is 8.63. The van der Waals surface area contributed by atoms with Crippen molar-refractivity contribution in [2.75, 3.05) is 20.3 Å². The number of carbonyl (C=O) groups excluding carboxylic acids is 1. The summed E-state index contributed by atoms with van der Waals surface area (Å²) in [5, 5.41) is 0. The average molecular weight is 180 g/mol. The molecule has 0 aromatic carbocycles. The molecule has 3 nitrogen and oxygen atoms in total. The van der Waals surface area contributed by atoms with E-state index in [0.29, 0.717) is 13.0 Å².